The van der Waals surface area contributed by atoms with Crippen molar-refractivity contribution in [2.75, 3.05) is 4.57 Å². The van der Waals surface area contributed by atoms with Gasteiger partial charge in [-0.25, -0.2) is 0 Å². The predicted molar refractivity (Wildman–Crippen MR) is 145 cm³/mol. The van der Waals surface area contributed by atoms with Gasteiger partial charge in [0.25, 0.3) is 8.24 Å². The summed E-state index contributed by atoms with van der Waals surface area (Å²) in [6.45, 7) is 10.3. The number of fused-ring (bicyclic) bond motifs is 1. The summed E-state index contributed by atoms with van der Waals surface area (Å²) in [5.74, 6) is 0.918. The number of hydrogen-bond acceptors (Lipinski definition) is 1. The molecule has 0 radical (unpaired) electrons. The SMILES string of the molecule is CC(C)c1cccc(C(C)C)c1N1Cc2ccccc2[Si]1(c1ccccc1)c1ccccc1. The van der Waals surface area contributed by atoms with Crippen LogP contribution in [0, 0.1) is 0 Å². The Kier molecular flexibility index (Phi) is 5.72. The van der Waals surface area contributed by atoms with Gasteiger partial charge in [-0.05, 0) is 44.1 Å². The van der Waals surface area contributed by atoms with Crippen LogP contribution in [0.1, 0.15) is 56.2 Å². The highest BCUT2D eigenvalue weighted by atomic mass is 28.3. The molecule has 0 N–H and O–H groups in total. The summed E-state index contributed by atoms with van der Waals surface area (Å²) in [5.41, 5.74) is 5.83. The molecule has 0 atom stereocenters. The molecule has 0 aromatic heterocycles. The van der Waals surface area contributed by atoms with Crippen molar-refractivity contribution < 1.29 is 0 Å². The molecule has 0 spiro atoms. The largest absolute Gasteiger partial charge is 0.382 e. The number of hydrogen-bond donors (Lipinski definition) is 0. The molecule has 0 amide bonds. The Hall–Kier alpha value is -3.10. The second-order valence-corrected chi connectivity index (χ2v) is 13.4. The zero-order valence-corrected chi connectivity index (χ0v) is 21.1. The first kappa shape index (κ1) is 21.7. The molecule has 0 unspecified atom stereocenters. The van der Waals surface area contributed by atoms with E-state index in [1.807, 2.05) is 0 Å². The molecule has 1 aliphatic heterocycles. The normalized spacial score (nSPS) is 14.7. The number of anilines is 1. The van der Waals surface area contributed by atoms with Crippen molar-refractivity contribution in [2.24, 2.45) is 0 Å². The lowest BCUT2D eigenvalue weighted by molar-refractivity contribution is 0.822. The molecular formula is C31H33NSi. The molecule has 1 heterocycles. The van der Waals surface area contributed by atoms with Crippen LogP contribution in [0.4, 0.5) is 5.69 Å². The van der Waals surface area contributed by atoms with E-state index in [-0.39, 0.29) is 0 Å². The highest BCUT2D eigenvalue weighted by molar-refractivity contribution is 7.14. The van der Waals surface area contributed by atoms with E-state index in [1.54, 1.807) is 0 Å². The molecule has 0 saturated heterocycles. The summed E-state index contributed by atoms with van der Waals surface area (Å²) in [6.07, 6.45) is 0. The Bertz CT molecular complexity index is 1180. The second-order valence-electron chi connectivity index (χ2n) is 9.78. The molecule has 0 aliphatic carbocycles. The van der Waals surface area contributed by atoms with Crippen molar-refractivity contribution in [1.29, 1.82) is 0 Å². The fourth-order valence-electron chi connectivity index (χ4n) is 5.66. The zero-order valence-electron chi connectivity index (χ0n) is 20.1. The van der Waals surface area contributed by atoms with Crippen LogP contribution in [0.5, 0.6) is 0 Å². The van der Waals surface area contributed by atoms with Gasteiger partial charge in [0.1, 0.15) is 0 Å². The third-order valence-corrected chi connectivity index (χ3v) is 11.9. The van der Waals surface area contributed by atoms with Gasteiger partial charge in [-0.2, -0.15) is 0 Å². The van der Waals surface area contributed by atoms with Gasteiger partial charge in [-0.1, -0.05) is 131 Å². The summed E-state index contributed by atoms with van der Waals surface area (Å²) in [4.78, 5) is 0. The Morgan fingerprint density at radius 3 is 1.58 bits per heavy atom. The summed E-state index contributed by atoms with van der Waals surface area (Å²) >= 11 is 0. The van der Waals surface area contributed by atoms with E-state index in [1.165, 1.54) is 37.9 Å². The lowest BCUT2D eigenvalue weighted by atomic mass is 9.92. The van der Waals surface area contributed by atoms with E-state index >= 15 is 0 Å². The summed E-state index contributed by atoms with van der Waals surface area (Å²) in [7, 11) is -2.50. The lowest BCUT2D eigenvalue weighted by Gasteiger charge is -2.42. The van der Waals surface area contributed by atoms with Gasteiger partial charge in [0.15, 0.2) is 0 Å². The predicted octanol–water partition coefficient (Wildman–Crippen LogP) is 5.92. The Labute approximate surface area is 199 Å². The quantitative estimate of drug-likeness (QED) is 0.343. The zero-order chi connectivity index (χ0) is 23.0. The molecule has 2 heteroatoms. The van der Waals surface area contributed by atoms with E-state index < -0.39 is 8.24 Å². The van der Waals surface area contributed by atoms with Crippen molar-refractivity contribution in [2.45, 2.75) is 46.1 Å². The molecule has 33 heavy (non-hydrogen) atoms. The van der Waals surface area contributed by atoms with E-state index in [9.17, 15) is 0 Å². The molecule has 0 saturated carbocycles. The molecule has 0 bridgehead atoms. The smallest absolute Gasteiger partial charge is 0.253 e. The third kappa shape index (κ3) is 3.45. The minimum absolute atomic E-state index is 0.459. The van der Waals surface area contributed by atoms with Crippen LogP contribution in [0.15, 0.2) is 103 Å². The van der Waals surface area contributed by atoms with E-state index in [0.29, 0.717) is 11.8 Å². The van der Waals surface area contributed by atoms with Crippen molar-refractivity contribution in [1.82, 2.24) is 0 Å². The van der Waals surface area contributed by atoms with Crippen LogP contribution >= 0.6 is 0 Å². The van der Waals surface area contributed by atoms with Crippen LogP contribution in [0.3, 0.4) is 0 Å². The van der Waals surface area contributed by atoms with Crippen LogP contribution in [0.2, 0.25) is 0 Å². The highest BCUT2D eigenvalue weighted by Crippen LogP contribution is 2.40. The van der Waals surface area contributed by atoms with Crippen molar-refractivity contribution in [3.8, 4) is 0 Å². The summed E-state index contributed by atoms with van der Waals surface area (Å²) < 4.78 is 2.84. The number of para-hydroxylation sites is 1. The molecule has 166 valence electrons. The Morgan fingerprint density at radius 2 is 1.06 bits per heavy atom. The van der Waals surface area contributed by atoms with Gasteiger partial charge in [-0.15, -0.1) is 0 Å². The minimum Gasteiger partial charge on any atom is -0.382 e. The monoisotopic (exact) mass is 447 g/mol. The first-order valence-electron chi connectivity index (χ1n) is 12.1. The topological polar surface area (TPSA) is 3.24 Å². The fraction of sp³-hybridized carbons (Fsp3) is 0.226. The standard InChI is InChI=1S/C31H33NSi/c1-23(2)28-19-13-20-29(24(3)4)31(28)32-22-25-14-11-12-21-30(25)33(32,26-15-7-5-8-16-26)27-17-9-6-10-18-27/h5-21,23-24H,22H2,1-4H3. The first-order valence-corrected chi connectivity index (χ1v) is 14.1. The van der Waals surface area contributed by atoms with Crippen LogP contribution in [-0.2, 0) is 6.54 Å². The molecule has 1 nitrogen and oxygen atoms in total. The number of rotatable bonds is 5. The average molecular weight is 448 g/mol. The highest BCUT2D eigenvalue weighted by Gasteiger charge is 2.52. The van der Waals surface area contributed by atoms with Gasteiger partial charge in [0.2, 0.25) is 0 Å². The minimum atomic E-state index is -2.50. The molecule has 5 rings (SSSR count). The number of benzene rings is 4. The van der Waals surface area contributed by atoms with Crippen molar-refractivity contribution in [3.05, 3.63) is 120 Å². The molecule has 4 aromatic rings. The number of nitrogens with zero attached hydrogens (tertiary/aromatic N) is 1. The maximum Gasteiger partial charge on any atom is 0.253 e. The summed E-state index contributed by atoms with van der Waals surface area (Å²) in [6, 6.07) is 38.7. The first-order chi connectivity index (χ1) is 16.0. The maximum atomic E-state index is 2.84. The van der Waals surface area contributed by atoms with Gasteiger partial charge >= 0.3 is 0 Å². The fourth-order valence-corrected chi connectivity index (χ4v) is 10.8. The maximum absolute atomic E-state index is 2.84. The van der Waals surface area contributed by atoms with Crippen LogP contribution in [0.25, 0.3) is 0 Å². The van der Waals surface area contributed by atoms with Crippen LogP contribution < -0.4 is 20.1 Å². The molecule has 1 aliphatic rings. The third-order valence-electron chi connectivity index (χ3n) is 7.14. The van der Waals surface area contributed by atoms with E-state index in [0.717, 1.165) is 6.54 Å². The van der Waals surface area contributed by atoms with Gasteiger partial charge in [-0.3, -0.25) is 0 Å². The molecule has 4 aromatic carbocycles. The average Bonchev–Trinajstić information content (AvgIpc) is 3.20. The second kappa shape index (κ2) is 8.68. The van der Waals surface area contributed by atoms with Gasteiger partial charge in [0.05, 0.1) is 0 Å². The van der Waals surface area contributed by atoms with Gasteiger partial charge in [0, 0.05) is 12.2 Å². The lowest BCUT2D eigenvalue weighted by Crippen LogP contribution is -2.74. The van der Waals surface area contributed by atoms with E-state index in [4.69, 9.17) is 0 Å². The van der Waals surface area contributed by atoms with Crippen molar-refractivity contribution in [3.63, 3.8) is 0 Å². The van der Waals surface area contributed by atoms with E-state index in [2.05, 4.69) is 135 Å². The summed E-state index contributed by atoms with van der Waals surface area (Å²) in [5, 5.41) is 4.43. The molecule has 0 fully saturated rings. The Morgan fingerprint density at radius 1 is 0.576 bits per heavy atom. The van der Waals surface area contributed by atoms with Crippen molar-refractivity contribution >= 4 is 29.5 Å². The van der Waals surface area contributed by atoms with Crippen LogP contribution in [-0.4, -0.2) is 8.24 Å². The van der Waals surface area contributed by atoms with Gasteiger partial charge < -0.3 is 4.57 Å². The molecular weight excluding hydrogens is 414 g/mol. The Balaban J connectivity index is 1.92.